The summed E-state index contributed by atoms with van der Waals surface area (Å²) in [6, 6.07) is 3.22. The maximum Gasteiger partial charge on any atom is 0.311 e. The smallest absolute Gasteiger partial charge is 0.311 e. The maximum absolute atomic E-state index is 12.6. The molecule has 108 valence electrons. The van der Waals surface area contributed by atoms with Crippen LogP contribution in [0, 0.1) is 0 Å². The van der Waals surface area contributed by atoms with Crippen LogP contribution in [0.15, 0.2) is 41.0 Å². The van der Waals surface area contributed by atoms with Gasteiger partial charge in [-0.3, -0.25) is 4.79 Å². The fraction of sp³-hybridized carbons (Fsp3) is 0.357. The first kappa shape index (κ1) is 14.6. The molecule has 0 aromatic carbocycles. The van der Waals surface area contributed by atoms with Crippen LogP contribution in [0.4, 0.5) is 0 Å². The van der Waals surface area contributed by atoms with E-state index in [1.807, 2.05) is 13.0 Å². The maximum atomic E-state index is 12.6. The van der Waals surface area contributed by atoms with E-state index in [1.54, 1.807) is 18.2 Å². The van der Waals surface area contributed by atoms with Crippen molar-refractivity contribution in [3.8, 4) is 0 Å². The number of methoxy groups -OCH3 is 1. The van der Waals surface area contributed by atoms with E-state index in [0.29, 0.717) is 17.0 Å². The monoisotopic (exact) mass is 295 g/mol. The third kappa shape index (κ3) is 2.85. The fourth-order valence-corrected chi connectivity index (χ4v) is 3.57. The third-order valence-corrected chi connectivity index (χ3v) is 5.13. The number of rotatable bonds is 4. The number of allylic oxidation sites excluding steroid dienone is 4. The molecule has 5 nitrogen and oxygen atoms in total. The van der Waals surface area contributed by atoms with Crippen LogP contribution in [-0.4, -0.2) is 25.5 Å². The van der Waals surface area contributed by atoms with Gasteiger partial charge in [-0.2, -0.15) is 0 Å². The Balaban J connectivity index is 2.36. The number of carbonyl (C=O) groups excluding carboxylic acids is 1. The van der Waals surface area contributed by atoms with Crippen LogP contribution in [-0.2, 0) is 26.0 Å². The second-order valence-electron chi connectivity index (χ2n) is 4.70. The first-order valence-electron chi connectivity index (χ1n) is 6.30. The Morgan fingerprint density at radius 2 is 2.10 bits per heavy atom. The normalized spacial score (nSPS) is 15.5. The van der Waals surface area contributed by atoms with Crippen LogP contribution < -0.4 is 0 Å². The van der Waals surface area contributed by atoms with Crippen LogP contribution in [0.2, 0.25) is 0 Å². The highest BCUT2D eigenvalue weighted by Crippen LogP contribution is 2.25. The van der Waals surface area contributed by atoms with Crippen molar-refractivity contribution in [2.75, 3.05) is 7.11 Å². The zero-order valence-corrected chi connectivity index (χ0v) is 12.3. The van der Waals surface area contributed by atoms with Gasteiger partial charge in [0.25, 0.3) is 10.0 Å². The Hall–Kier alpha value is -1.82. The molecule has 0 fully saturated rings. The standard InChI is InChI=1S/C14H17NO4S/c1-11-5-7-13(8-6-11)20(17,18)15-9-3-4-12(15)10-14(16)19-2/h3-5,7,9H,6,8,10H2,1-2H3. The van der Waals surface area contributed by atoms with Gasteiger partial charge < -0.3 is 4.74 Å². The van der Waals surface area contributed by atoms with Gasteiger partial charge in [0.1, 0.15) is 0 Å². The van der Waals surface area contributed by atoms with Gasteiger partial charge in [-0.25, -0.2) is 12.4 Å². The lowest BCUT2D eigenvalue weighted by Gasteiger charge is -2.15. The van der Waals surface area contributed by atoms with Crippen LogP contribution in [0.25, 0.3) is 0 Å². The molecule has 1 aromatic heterocycles. The Kier molecular flexibility index (Phi) is 4.13. The molecule has 0 aliphatic heterocycles. The minimum atomic E-state index is -3.60. The number of esters is 1. The fourth-order valence-electron chi connectivity index (χ4n) is 2.06. The van der Waals surface area contributed by atoms with Crippen molar-refractivity contribution in [1.82, 2.24) is 3.97 Å². The van der Waals surface area contributed by atoms with Gasteiger partial charge >= 0.3 is 5.97 Å². The molecule has 0 radical (unpaired) electrons. The quantitative estimate of drug-likeness (QED) is 0.797. The molecule has 20 heavy (non-hydrogen) atoms. The lowest BCUT2D eigenvalue weighted by Crippen LogP contribution is -2.19. The van der Waals surface area contributed by atoms with E-state index in [2.05, 4.69) is 4.74 Å². The van der Waals surface area contributed by atoms with Crippen LogP contribution >= 0.6 is 0 Å². The lowest BCUT2D eigenvalue weighted by atomic mass is 10.1. The van der Waals surface area contributed by atoms with Crippen molar-refractivity contribution in [3.05, 3.63) is 46.7 Å². The number of nitrogens with zero attached hydrogens (tertiary/aromatic N) is 1. The molecule has 0 amide bonds. The largest absolute Gasteiger partial charge is 0.469 e. The minimum Gasteiger partial charge on any atom is -0.469 e. The van der Waals surface area contributed by atoms with E-state index in [4.69, 9.17) is 0 Å². The van der Waals surface area contributed by atoms with Crippen molar-refractivity contribution in [3.63, 3.8) is 0 Å². The van der Waals surface area contributed by atoms with Crippen molar-refractivity contribution < 1.29 is 17.9 Å². The van der Waals surface area contributed by atoms with E-state index in [9.17, 15) is 13.2 Å². The number of ether oxygens (including phenoxy) is 1. The van der Waals surface area contributed by atoms with E-state index in [1.165, 1.54) is 13.3 Å². The molecule has 0 atom stereocenters. The summed E-state index contributed by atoms with van der Waals surface area (Å²) in [7, 11) is -2.32. The SMILES string of the molecule is COC(=O)Cc1cccn1S(=O)(=O)C1=CC=C(C)CC1. The number of aromatic nitrogens is 1. The summed E-state index contributed by atoms with van der Waals surface area (Å²) in [6.07, 6.45) is 6.07. The van der Waals surface area contributed by atoms with E-state index in [-0.39, 0.29) is 6.42 Å². The number of carbonyl (C=O) groups is 1. The molecule has 1 aliphatic rings. The summed E-state index contributed by atoms with van der Waals surface area (Å²) in [5, 5.41) is 0. The van der Waals surface area contributed by atoms with Gasteiger partial charge in [0.2, 0.25) is 0 Å². The summed E-state index contributed by atoms with van der Waals surface area (Å²) >= 11 is 0. The van der Waals surface area contributed by atoms with Crippen LogP contribution in [0.5, 0.6) is 0 Å². The van der Waals surface area contributed by atoms with Gasteiger partial charge in [0.05, 0.1) is 18.4 Å². The Labute approximate surface area is 118 Å². The molecule has 0 bridgehead atoms. The Morgan fingerprint density at radius 3 is 2.70 bits per heavy atom. The molecule has 0 unspecified atom stereocenters. The second-order valence-corrected chi connectivity index (χ2v) is 6.57. The summed E-state index contributed by atoms with van der Waals surface area (Å²) < 4.78 is 30.9. The van der Waals surface area contributed by atoms with Crippen LogP contribution in [0.1, 0.15) is 25.5 Å². The molecule has 1 heterocycles. The predicted octanol–water partition coefficient (Wildman–Crippen LogP) is 2.01. The van der Waals surface area contributed by atoms with Gasteiger partial charge in [-0.15, -0.1) is 0 Å². The second kappa shape index (κ2) is 5.66. The van der Waals surface area contributed by atoms with Crippen molar-refractivity contribution in [2.24, 2.45) is 0 Å². The highest BCUT2D eigenvalue weighted by Gasteiger charge is 2.23. The van der Waals surface area contributed by atoms with Gasteiger partial charge in [-0.05, 0) is 38.0 Å². The van der Waals surface area contributed by atoms with Crippen LogP contribution in [0.3, 0.4) is 0 Å². The molecule has 0 saturated heterocycles. The summed E-state index contributed by atoms with van der Waals surface area (Å²) in [5.74, 6) is -0.464. The van der Waals surface area contributed by atoms with E-state index in [0.717, 1.165) is 16.0 Å². The lowest BCUT2D eigenvalue weighted by molar-refractivity contribution is -0.139. The molecule has 0 saturated carbocycles. The van der Waals surface area contributed by atoms with Gasteiger partial charge in [0, 0.05) is 11.9 Å². The average molecular weight is 295 g/mol. The minimum absolute atomic E-state index is 0.0646. The Morgan fingerprint density at radius 1 is 1.35 bits per heavy atom. The summed E-state index contributed by atoms with van der Waals surface area (Å²) in [5.41, 5.74) is 1.57. The zero-order valence-electron chi connectivity index (χ0n) is 11.5. The van der Waals surface area contributed by atoms with E-state index >= 15 is 0 Å². The van der Waals surface area contributed by atoms with E-state index < -0.39 is 16.0 Å². The molecule has 1 aromatic rings. The van der Waals surface area contributed by atoms with Crippen molar-refractivity contribution in [2.45, 2.75) is 26.2 Å². The van der Waals surface area contributed by atoms with Gasteiger partial charge in [-0.1, -0.05) is 11.6 Å². The topological polar surface area (TPSA) is 65.4 Å². The third-order valence-electron chi connectivity index (χ3n) is 3.26. The predicted molar refractivity (Wildman–Crippen MR) is 75.5 cm³/mol. The molecular weight excluding hydrogens is 278 g/mol. The molecule has 2 rings (SSSR count). The summed E-state index contributed by atoms with van der Waals surface area (Å²) in [6.45, 7) is 1.97. The Bertz CT molecular complexity index is 680. The molecule has 0 spiro atoms. The van der Waals surface area contributed by atoms with Gasteiger partial charge in [0.15, 0.2) is 0 Å². The zero-order chi connectivity index (χ0) is 14.8. The number of hydrogen-bond donors (Lipinski definition) is 0. The first-order valence-corrected chi connectivity index (χ1v) is 7.74. The molecule has 6 heteroatoms. The highest BCUT2D eigenvalue weighted by atomic mass is 32.2. The molecule has 0 N–H and O–H groups in total. The molecular formula is C14H17NO4S. The first-order chi connectivity index (χ1) is 9.45. The summed E-state index contributed by atoms with van der Waals surface area (Å²) in [4.78, 5) is 11.7. The van der Waals surface area contributed by atoms with Crippen molar-refractivity contribution >= 4 is 16.0 Å². The number of hydrogen-bond acceptors (Lipinski definition) is 4. The molecule has 1 aliphatic carbocycles. The average Bonchev–Trinajstić information content (AvgIpc) is 2.88. The van der Waals surface area contributed by atoms with Crippen molar-refractivity contribution in [1.29, 1.82) is 0 Å². The highest BCUT2D eigenvalue weighted by molar-refractivity contribution is 7.93.